The summed E-state index contributed by atoms with van der Waals surface area (Å²) in [6.07, 6.45) is 0.904. The molecule has 0 saturated carbocycles. The fraction of sp³-hybridized carbons (Fsp3) is 1.00. The first-order valence-corrected chi connectivity index (χ1v) is 6.65. The van der Waals surface area contributed by atoms with Crippen LogP contribution in [-0.4, -0.2) is 69.2 Å². The molecule has 18 heavy (non-hydrogen) atoms. The lowest BCUT2D eigenvalue weighted by atomic mass is 9.97. The van der Waals surface area contributed by atoms with E-state index >= 15 is 0 Å². The Morgan fingerprint density at radius 2 is 1.61 bits per heavy atom. The van der Waals surface area contributed by atoms with Crippen LogP contribution in [0.3, 0.4) is 0 Å². The molecule has 110 valence electrons. The minimum atomic E-state index is -0.0299. The summed E-state index contributed by atoms with van der Waals surface area (Å²) in [5.74, 6) is 0.528. The molecule has 0 heterocycles. The van der Waals surface area contributed by atoms with Crippen LogP contribution in [0, 0.1) is 5.92 Å². The van der Waals surface area contributed by atoms with Crippen LogP contribution >= 0.6 is 0 Å². The van der Waals surface area contributed by atoms with E-state index in [2.05, 4.69) is 18.7 Å². The molecule has 0 aromatic carbocycles. The molecule has 0 fully saturated rings. The van der Waals surface area contributed by atoms with E-state index in [0.717, 1.165) is 19.5 Å². The molecule has 0 aliphatic carbocycles. The van der Waals surface area contributed by atoms with Crippen molar-refractivity contribution in [2.24, 2.45) is 11.7 Å². The Hall–Kier alpha value is -0.200. The molecule has 0 aromatic rings. The van der Waals surface area contributed by atoms with Crippen LogP contribution in [0.4, 0.5) is 0 Å². The highest BCUT2D eigenvalue weighted by Gasteiger charge is 2.24. The molecule has 5 heteroatoms. The minimum Gasteiger partial charge on any atom is -0.395 e. The van der Waals surface area contributed by atoms with E-state index in [1.165, 1.54) is 0 Å². The molecule has 0 rings (SSSR count). The maximum atomic E-state index is 9.58. The normalized spacial score (nSPS) is 15.3. The summed E-state index contributed by atoms with van der Waals surface area (Å²) < 4.78 is 10.2. The molecule has 0 bridgehead atoms. The van der Waals surface area contributed by atoms with Crippen LogP contribution in [0.15, 0.2) is 0 Å². The summed E-state index contributed by atoms with van der Waals surface area (Å²) in [4.78, 5) is 2.15. The molecule has 0 amide bonds. The molecule has 0 spiro atoms. The third-order valence-corrected chi connectivity index (χ3v) is 3.06. The van der Waals surface area contributed by atoms with Gasteiger partial charge in [0.05, 0.1) is 19.8 Å². The topological polar surface area (TPSA) is 68.0 Å². The standard InChI is InChI=1S/C13H30N2O3/c1-11(2)9-12(14)13(10-16)15(5-7-17-3)6-8-18-4/h11-13,16H,5-10,14H2,1-4H3. The van der Waals surface area contributed by atoms with E-state index in [-0.39, 0.29) is 18.7 Å². The van der Waals surface area contributed by atoms with Crippen LogP contribution < -0.4 is 5.73 Å². The highest BCUT2D eigenvalue weighted by Crippen LogP contribution is 2.11. The third-order valence-electron chi connectivity index (χ3n) is 3.06. The Morgan fingerprint density at radius 3 is 1.94 bits per heavy atom. The first-order valence-electron chi connectivity index (χ1n) is 6.65. The van der Waals surface area contributed by atoms with Crippen molar-refractivity contribution in [3.8, 4) is 0 Å². The summed E-state index contributed by atoms with van der Waals surface area (Å²) in [7, 11) is 3.35. The van der Waals surface area contributed by atoms with E-state index in [1.54, 1.807) is 14.2 Å². The predicted octanol–water partition coefficient (Wildman–Crippen LogP) is 0.316. The largest absolute Gasteiger partial charge is 0.395 e. The molecule has 2 atom stereocenters. The lowest BCUT2D eigenvalue weighted by molar-refractivity contribution is 0.0495. The first kappa shape index (κ1) is 17.8. The molecular weight excluding hydrogens is 232 g/mol. The number of hydrogen-bond acceptors (Lipinski definition) is 5. The Kier molecular flexibility index (Phi) is 10.6. The average molecular weight is 262 g/mol. The Morgan fingerprint density at radius 1 is 1.11 bits per heavy atom. The molecule has 5 nitrogen and oxygen atoms in total. The van der Waals surface area contributed by atoms with Crippen LogP contribution in [0.2, 0.25) is 0 Å². The second kappa shape index (κ2) is 10.7. The lowest BCUT2D eigenvalue weighted by Gasteiger charge is -2.34. The molecule has 2 unspecified atom stereocenters. The van der Waals surface area contributed by atoms with E-state index in [0.29, 0.717) is 19.1 Å². The van der Waals surface area contributed by atoms with Gasteiger partial charge in [0.25, 0.3) is 0 Å². The molecule has 0 aliphatic rings. The third kappa shape index (κ3) is 7.28. The van der Waals surface area contributed by atoms with Gasteiger partial charge in [-0.1, -0.05) is 13.8 Å². The zero-order valence-electron chi connectivity index (χ0n) is 12.3. The zero-order valence-corrected chi connectivity index (χ0v) is 12.3. The number of methoxy groups -OCH3 is 2. The lowest BCUT2D eigenvalue weighted by Crippen LogP contribution is -2.52. The van der Waals surface area contributed by atoms with Crippen molar-refractivity contribution >= 4 is 0 Å². The Labute approximate surface area is 111 Å². The van der Waals surface area contributed by atoms with Crippen molar-refractivity contribution in [1.29, 1.82) is 0 Å². The number of rotatable bonds is 11. The summed E-state index contributed by atoms with van der Waals surface area (Å²) in [6, 6.07) is -0.0542. The Bertz CT molecular complexity index is 183. The second-order valence-electron chi connectivity index (χ2n) is 5.06. The van der Waals surface area contributed by atoms with Crippen molar-refractivity contribution in [3.63, 3.8) is 0 Å². The van der Waals surface area contributed by atoms with Crippen molar-refractivity contribution in [1.82, 2.24) is 4.90 Å². The molecule has 0 aromatic heterocycles. The number of nitrogens with two attached hydrogens (primary N) is 1. The van der Waals surface area contributed by atoms with E-state index in [4.69, 9.17) is 15.2 Å². The monoisotopic (exact) mass is 262 g/mol. The summed E-state index contributed by atoms with van der Waals surface area (Å²) >= 11 is 0. The summed E-state index contributed by atoms with van der Waals surface area (Å²) in [6.45, 7) is 7.14. The maximum absolute atomic E-state index is 9.58. The Balaban J connectivity index is 4.45. The van der Waals surface area contributed by atoms with Crippen LogP contribution in [0.25, 0.3) is 0 Å². The average Bonchev–Trinajstić information content (AvgIpc) is 2.31. The van der Waals surface area contributed by atoms with E-state index < -0.39 is 0 Å². The van der Waals surface area contributed by atoms with Crippen LogP contribution in [-0.2, 0) is 9.47 Å². The van der Waals surface area contributed by atoms with Gasteiger partial charge >= 0.3 is 0 Å². The van der Waals surface area contributed by atoms with E-state index in [9.17, 15) is 5.11 Å². The number of ether oxygens (including phenoxy) is 2. The highest BCUT2D eigenvalue weighted by atomic mass is 16.5. The predicted molar refractivity (Wildman–Crippen MR) is 73.6 cm³/mol. The van der Waals surface area contributed by atoms with Gasteiger partial charge in [0.1, 0.15) is 0 Å². The van der Waals surface area contributed by atoms with Crippen molar-refractivity contribution in [2.75, 3.05) is 47.1 Å². The smallest absolute Gasteiger partial charge is 0.0602 e. The van der Waals surface area contributed by atoms with Gasteiger partial charge in [-0.05, 0) is 12.3 Å². The second-order valence-corrected chi connectivity index (χ2v) is 5.06. The number of aliphatic hydroxyl groups excluding tert-OH is 1. The van der Waals surface area contributed by atoms with Crippen molar-refractivity contribution < 1.29 is 14.6 Å². The van der Waals surface area contributed by atoms with Gasteiger partial charge in [-0.2, -0.15) is 0 Å². The van der Waals surface area contributed by atoms with Crippen LogP contribution in [0.1, 0.15) is 20.3 Å². The van der Waals surface area contributed by atoms with Gasteiger partial charge < -0.3 is 20.3 Å². The van der Waals surface area contributed by atoms with E-state index in [1.807, 2.05) is 0 Å². The molecular formula is C13H30N2O3. The first-order chi connectivity index (χ1) is 8.56. The van der Waals surface area contributed by atoms with Gasteiger partial charge in [-0.15, -0.1) is 0 Å². The summed E-state index contributed by atoms with van der Waals surface area (Å²) in [5.41, 5.74) is 6.19. The molecule has 0 radical (unpaired) electrons. The van der Waals surface area contributed by atoms with Gasteiger partial charge in [-0.3, -0.25) is 4.90 Å². The molecule has 0 aliphatic heterocycles. The number of hydrogen-bond donors (Lipinski definition) is 2. The zero-order chi connectivity index (χ0) is 14.0. The van der Waals surface area contributed by atoms with Gasteiger partial charge in [0.2, 0.25) is 0 Å². The van der Waals surface area contributed by atoms with Gasteiger partial charge in [0, 0.05) is 39.4 Å². The SMILES string of the molecule is COCCN(CCOC)C(CO)C(N)CC(C)C. The number of aliphatic hydroxyl groups is 1. The minimum absolute atomic E-state index is 0.0243. The van der Waals surface area contributed by atoms with Gasteiger partial charge in [0.15, 0.2) is 0 Å². The molecule has 3 N–H and O–H groups in total. The van der Waals surface area contributed by atoms with Gasteiger partial charge in [-0.25, -0.2) is 0 Å². The quantitative estimate of drug-likeness (QED) is 0.561. The van der Waals surface area contributed by atoms with Crippen molar-refractivity contribution in [2.45, 2.75) is 32.4 Å². The fourth-order valence-corrected chi connectivity index (χ4v) is 2.08. The van der Waals surface area contributed by atoms with Crippen molar-refractivity contribution in [3.05, 3.63) is 0 Å². The molecule has 0 saturated heterocycles. The van der Waals surface area contributed by atoms with Crippen LogP contribution in [0.5, 0.6) is 0 Å². The maximum Gasteiger partial charge on any atom is 0.0602 e. The summed E-state index contributed by atoms with van der Waals surface area (Å²) in [5, 5.41) is 9.58. The highest BCUT2D eigenvalue weighted by molar-refractivity contribution is 4.82. The fourth-order valence-electron chi connectivity index (χ4n) is 2.08. The number of nitrogens with zero attached hydrogens (tertiary/aromatic N) is 1.